The van der Waals surface area contributed by atoms with Crippen molar-refractivity contribution in [1.29, 1.82) is 0 Å². The first-order valence-corrected chi connectivity index (χ1v) is 12.3. The average molecular weight is 469 g/mol. The predicted octanol–water partition coefficient (Wildman–Crippen LogP) is 5.11. The summed E-state index contributed by atoms with van der Waals surface area (Å²) in [7, 11) is 0. The highest BCUT2D eigenvalue weighted by Gasteiger charge is 2.20. The summed E-state index contributed by atoms with van der Waals surface area (Å²) >= 11 is 3.16. The molecule has 0 radical (unpaired) electrons. The standard InChI is InChI=1S/C23H24N4O3S2/c1-5-27-16(15-6-7-17-18(10-15)30-9-8-29-17)11-24-23(27)32-14(4)20-25-21(28)19-12(2)13(3)31-22(19)26-20/h6-7,10-11,14H,5,8-9H2,1-4H3,(H,25,26,28). The lowest BCUT2D eigenvalue weighted by atomic mass is 10.1. The number of fused-ring (bicyclic) bond motifs is 2. The Balaban J connectivity index is 1.46. The van der Waals surface area contributed by atoms with E-state index in [-0.39, 0.29) is 10.8 Å². The zero-order chi connectivity index (χ0) is 22.4. The van der Waals surface area contributed by atoms with E-state index in [0.717, 1.165) is 49.7 Å². The van der Waals surface area contributed by atoms with Gasteiger partial charge in [-0.2, -0.15) is 0 Å². The molecule has 1 atom stereocenters. The second-order valence-electron chi connectivity index (χ2n) is 7.70. The van der Waals surface area contributed by atoms with Crippen molar-refractivity contribution in [2.24, 2.45) is 0 Å². The Morgan fingerprint density at radius 2 is 2.03 bits per heavy atom. The number of hydrogen-bond donors (Lipinski definition) is 1. The molecule has 32 heavy (non-hydrogen) atoms. The van der Waals surface area contributed by atoms with Crippen LogP contribution in [-0.4, -0.2) is 32.7 Å². The van der Waals surface area contributed by atoms with Crippen molar-refractivity contribution < 1.29 is 9.47 Å². The fraction of sp³-hybridized carbons (Fsp3) is 0.348. The molecule has 1 aromatic carbocycles. The van der Waals surface area contributed by atoms with E-state index in [9.17, 15) is 4.79 Å². The molecule has 1 aliphatic rings. The summed E-state index contributed by atoms with van der Waals surface area (Å²) in [4.78, 5) is 27.0. The molecule has 0 bridgehead atoms. The van der Waals surface area contributed by atoms with Gasteiger partial charge in [-0.3, -0.25) is 4.79 Å². The van der Waals surface area contributed by atoms with Crippen LogP contribution in [0.4, 0.5) is 0 Å². The van der Waals surface area contributed by atoms with Crippen LogP contribution in [0.15, 0.2) is 34.3 Å². The highest BCUT2D eigenvalue weighted by Crippen LogP contribution is 2.38. The maximum Gasteiger partial charge on any atom is 0.259 e. The Morgan fingerprint density at radius 3 is 2.81 bits per heavy atom. The summed E-state index contributed by atoms with van der Waals surface area (Å²) in [5.41, 5.74) is 2.98. The van der Waals surface area contributed by atoms with Gasteiger partial charge in [0.2, 0.25) is 0 Å². The summed E-state index contributed by atoms with van der Waals surface area (Å²) in [6.07, 6.45) is 1.88. The quantitative estimate of drug-likeness (QED) is 0.410. The first-order chi connectivity index (χ1) is 15.5. The summed E-state index contributed by atoms with van der Waals surface area (Å²) in [6.45, 7) is 10.0. The lowest BCUT2D eigenvalue weighted by Crippen LogP contribution is -2.15. The molecule has 166 valence electrons. The van der Waals surface area contributed by atoms with Crippen molar-refractivity contribution in [2.75, 3.05) is 13.2 Å². The zero-order valence-electron chi connectivity index (χ0n) is 18.4. The average Bonchev–Trinajstić information content (AvgIpc) is 3.33. The van der Waals surface area contributed by atoms with Gasteiger partial charge in [0.05, 0.1) is 22.5 Å². The summed E-state index contributed by atoms with van der Waals surface area (Å²) in [5, 5.41) is 1.52. The first-order valence-electron chi connectivity index (χ1n) is 10.6. The maximum absolute atomic E-state index is 12.7. The minimum atomic E-state index is -0.0740. The fourth-order valence-electron chi connectivity index (χ4n) is 3.87. The highest BCUT2D eigenvalue weighted by atomic mass is 32.2. The van der Waals surface area contributed by atoms with E-state index in [1.165, 1.54) is 0 Å². The second kappa shape index (κ2) is 8.29. The SMILES string of the molecule is CCn1c(-c2ccc3c(c2)OCCO3)cnc1SC(C)c1nc2sc(C)c(C)c2c(=O)[nH]1. The van der Waals surface area contributed by atoms with E-state index in [2.05, 4.69) is 21.5 Å². The lowest BCUT2D eigenvalue weighted by molar-refractivity contribution is 0.171. The molecule has 5 rings (SSSR count). The monoisotopic (exact) mass is 468 g/mol. The van der Waals surface area contributed by atoms with Gasteiger partial charge in [0.15, 0.2) is 16.7 Å². The predicted molar refractivity (Wildman–Crippen MR) is 128 cm³/mol. The molecule has 0 spiro atoms. The molecule has 4 aromatic rings. The Kier molecular flexibility index (Phi) is 5.46. The van der Waals surface area contributed by atoms with Crippen molar-refractivity contribution in [3.63, 3.8) is 0 Å². The third-order valence-electron chi connectivity index (χ3n) is 5.70. The van der Waals surface area contributed by atoms with Gasteiger partial charge in [0, 0.05) is 17.0 Å². The number of nitrogens with zero attached hydrogens (tertiary/aromatic N) is 3. The van der Waals surface area contributed by atoms with Crippen LogP contribution in [0.1, 0.15) is 35.4 Å². The second-order valence-corrected chi connectivity index (χ2v) is 10.2. The van der Waals surface area contributed by atoms with Crippen LogP contribution < -0.4 is 15.0 Å². The van der Waals surface area contributed by atoms with Crippen LogP contribution in [-0.2, 0) is 6.54 Å². The Hall–Kier alpha value is -2.78. The van der Waals surface area contributed by atoms with Crippen molar-refractivity contribution in [2.45, 2.75) is 44.6 Å². The minimum absolute atomic E-state index is 0.0596. The number of benzene rings is 1. The largest absolute Gasteiger partial charge is 0.486 e. The normalized spacial score (nSPS) is 14.1. The Bertz CT molecular complexity index is 1370. The molecular formula is C23H24N4O3S2. The number of aryl methyl sites for hydroxylation is 2. The number of rotatable bonds is 5. The molecule has 0 fully saturated rings. The van der Waals surface area contributed by atoms with Gasteiger partial charge in [-0.15, -0.1) is 11.3 Å². The molecule has 4 heterocycles. The lowest BCUT2D eigenvalue weighted by Gasteiger charge is -2.19. The Morgan fingerprint density at radius 1 is 1.25 bits per heavy atom. The zero-order valence-corrected chi connectivity index (χ0v) is 20.0. The van der Waals surface area contributed by atoms with Crippen molar-refractivity contribution in [1.82, 2.24) is 19.5 Å². The number of nitrogens with one attached hydrogen (secondary N) is 1. The third-order valence-corrected chi connectivity index (χ3v) is 7.91. The van der Waals surface area contributed by atoms with Gasteiger partial charge >= 0.3 is 0 Å². The van der Waals surface area contributed by atoms with Gasteiger partial charge in [-0.25, -0.2) is 9.97 Å². The number of thioether (sulfide) groups is 1. The molecule has 0 saturated heterocycles. The number of hydrogen-bond acceptors (Lipinski definition) is 7. The van der Waals surface area contributed by atoms with E-state index >= 15 is 0 Å². The summed E-state index contributed by atoms with van der Waals surface area (Å²) in [5.74, 6) is 2.20. The van der Waals surface area contributed by atoms with E-state index in [1.54, 1.807) is 23.1 Å². The van der Waals surface area contributed by atoms with Gasteiger partial charge in [0.1, 0.15) is 23.9 Å². The number of thiophene rings is 1. The van der Waals surface area contributed by atoms with E-state index in [4.69, 9.17) is 14.5 Å². The molecule has 3 aromatic heterocycles. The molecule has 1 N–H and O–H groups in total. The molecule has 0 aliphatic carbocycles. The number of aromatic amines is 1. The number of imidazole rings is 1. The number of aromatic nitrogens is 4. The van der Waals surface area contributed by atoms with Crippen LogP contribution >= 0.6 is 23.1 Å². The van der Waals surface area contributed by atoms with Crippen LogP contribution in [0.25, 0.3) is 21.5 Å². The highest BCUT2D eigenvalue weighted by molar-refractivity contribution is 7.99. The number of H-pyrrole nitrogens is 1. The van der Waals surface area contributed by atoms with E-state index < -0.39 is 0 Å². The van der Waals surface area contributed by atoms with Crippen molar-refractivity contribution in [3.05, 3.63) is 51.0 Å². The molecule has 7 nitrogen and oxygen atoms in total. The van der Waals surface area contributed by atoms with Crippen LogP contribution in [0, 0.1) is 13.8 Å². The van der Waals surface area contributed by atoms with Gasteiger partial charge < -0.3 is 19.0 Å². The van der Waals surface area contributed by atoms with Crippen LogP contribution in [0.3, 0.4) is 0 Å². The molecule has 0 amide bonds. The van der Waals surface area contributed by atoms with Crippen LogP contribution in [0.5, 0.6) is 11.5 Å². The minimum Gasteiger partial charge on any atom is -0.486 e. The maximum atomic E-state index is 12.7. The molecule has 0 saturated carbocycles. The third kappa shape index (κ3) is 3.59. The van der Waals surface area contributed by atoms with Gasteiger partial charge in [-0.05, 0) is 51.5 Å². The van der Waals surface area contributed by atoms with E-state index in [1.807, 2.05) is 45.2 Å². The van der Waals surface area contributed by atoms with Crippen LogP contribution in [0.2, 0.25) is 0 Å². The van der Waals surface area contributed by atoms with Gasteiger partial charge in [0.25, 0.3) is 5.56 Å². The topological polar surface area (TPSA) is 82.0 Å². The van der Waals surface area contributed by atoms with E-state index in [0.29, 0.717) is 24.4 Å². The summed E-state index contributed by atoms with van der Waals surface area (Å²) in [6, 6.07) is 5.98. The van der Waals surface area contributed by atoms with Gasteiger partial charge in [-0.1, -0.05) is 11.8 Å². The smallest absolute Gasteiger partial charge is 0.259 e. The molecular weight excluding hydrogens is 444 g/mol. The number of ether oxygens (including phenoxy) is 2. The molecule has 9 heteroatoms. The first kappa shape index (κ1) is 21.1. The van der Waals surface area contributed by atoms with Crippen molar-refractivity contribution in [3.8, 4) is 22.8 Å². The fourth-order valence-corrected chi connectivity index (χ4v) is 5.91. The molecule has 1 unspecified atom stereocenters. The van der Waals surface area contributed by atoms with Crippen molar-refractivity contribution >= 4 is 33.3 Å². The Labute approximate surface area is 193 Å². The summed E-state index contributed by atoms with van der Waals surface area (Å²) < 4.78 is 13.6. The molecule has 1 aliphatic heterocycles.